The third-order valence-corrected chi connectivity index (χ3v) is 4.62. The Morgan fingerprint density at radius 3 is 2.30 bits per heavy atom. The fraction of sp³-hybridized carbons (Fsp3) is 0. The van der Waals surface area contributed by atoms with Gasteiger partial charge in [-0.25, -0.2) is 4.98 Å². The number of aromatic hydroxyl groups is 2. The normalized spacial score (nSPS) is 10.5. The summed E-state index contributed by atoms with van der Waals surface area (Å²) in [5, 5.41) is 24.7. The Balaban J connectivity index is 1.47. The molecule has 0 saturated carbocycles. The number of anilines is 2. The minimum atomic E-state index is -0.175. The largest absolute Gasteiger partial charge is 0.504 e. The van der Waals surface area contributed by atoms with Gasteiger partial charge in [0.2, 0.25) is 0 Å². The van der Waals surface area contributed by atoms with E-state index in [1.54, 1.807) is 6.07 Å². The number of ether oxygens (including phenoxy) is 1. The van der Waals surface area contributed by atoms with Crippen molar-refractivity contribution >= 4 is 22.2 Å². The van der Waals surface area contributed by atoms with Crippen molar-refractivity contribution in [3.05, 3.63) is 78.2 Å². The van der Waals surface area contributed by atoms with E-state index < -0.39 is 0 Å². The van der Waals surface area contributed by atoms with Crippen LogP contribution in [0, 0.1) is 0 Å². The van der Waals surface area contributed by atoms with Crippen LogP contribution in [-0.4, -0.2) is 15.2 Å². The van der Waals surface area contributed by atoms with Crippen LogP contribution in [-0.2, 0) is 0 Å². The second-order valence-corrected chi connectivity index (χ2v) is 6.66. The Morgan fingerprint density at radius 1 is 0.815 bits per heavy atom. The summed E-state index contributed by atoms with van der Waals surface area (Å²) in [6.07, 6.45) is 0. The van der Waals surface area contributed by atoms with Crippen molar-refractivity contribution in [2.45, 2.75) is 0 Å². The lowest BCUT2D eigenvalue weighted by Gasteiger charge is -2.06. The maximum Gasteiger partial charge on any atom is 0.187 e. The molecule has 0 radical (unpaired) electrons. The summed E-state index contributed by atoms with van der Waals surface area (Å²) in [6.45, 7) is 0. The van der Waals surface area contributed by atoms with Crippen LogP contribution < -0.4 is 10.1 Å². The Labute approximate surface area is 160 Å². The second-order valence-electron chi connectivity index (χ2n) is 5.81. The zero-order chi connectivity index (χ0) is 18.6. The highest BCUT2D eigenvalue weighted by Gasteiger charge is 2.07. The molecule has 134 valence electrons. The number of phenols is 2. The molecule has 0 fully saturated rings. The number of hydrogen-bond donors (Lipinski definition) is 3. The van der Waals surface area contributed by atoms with Crippen LogP contribution >= 0.6 is 11.3 Å². The van der Waals surface area contributed by atoms with Gasteiger partial charge in [-0.05, 0) is 48.5 Å². The quantitative estimate of drug-likeness (QED) is 0.305. The van der Waals surface area contributed by atoms with E-state index in [4.69, 9.17) is 4.74 Å². The molecule has 3 aromatic carbocycles. The first kappa shape index (κ1) is 16.9. The summed E-state index contributed by atoms with van der Waals surface area (Å²) in [5.41, 5.74) is 2.47. The predicted molar refractivity (Wildman–Crippen MR) is 107 cm³/mol. The van der Waals surface area contributed by atoms with Crippen molar-refractivity contribution in [1.29, 1.82) is 0 Å². The van der Waals surface area contributed by atoms with Crippen molar-refractivity contribution < 1.29 is 14.9 Å². The average molecular weight is 376 g/mol. The van der Waals surface area contributed by atoms with Crippen LogP contribution in [0.1, 0.15) is 0 Å². The molecule has 0 atom stereocenters. The fourth-order valence-corrected chi connectivity index (χ4v) is 3.25. The summed E-state index contributed by atoms with van der Waals surface area (Å²) in [6, 6.07) is 21.9. The average Bonchev–Trinajstić information content (AvgIpc) is 3.15. The first-order valence-corrected chi connectivity index (χ1v) is 9.13. The van der Waals surface area contributed by atoms with Gasteiger partial charge in [-0.2, -0.15) is 0 Å². The number of phenolic OH excluding ortho intramolecular Hbond substituents is 2. The number of benzene rings is 3. The molecule has 0 saturated heterocycles. The van der Waals surface area contributed by atoms with E-state index in [0.717, 1.165) is 22.8 Å². The van der Waals surface area contributed by atoms with Crippen molar-refractivity contribution in [2.75, 3.05) is 5.32 Å². The molecule has 0 unspecified atom stereocenters. The van der Waals surface area contributed by atoms with Crippen molar-refractivity contribution in [3.63, 3.8) is 0 Å². The summed E-state index contributed by atoms with van der Waals surface area (Å²) in [5.74, 6) is 1.23. The summed E-state index contributed by atoms with van der Waals surface area (Å²) in [7, 11) is 0. The van der Waals surface area contributed by atoms with Crippen LogP contribution in [0.15, 0.2) is 78.2 Å². The molecule has 3 N–H and O–H groups in total. The number of nitrogens with zero attached hydrogens (tertiary/aromatic N) is 1. The molecule has 0 aliphatic heterocycles. The lowest BCUT2D eigenvalue weighted by molar-refractivity contribution is 0.404. The molecule has 0 bridgehead atoms. The van der Waals surface area contributed by atoms with Crippen LogP contribution in [0.25, 0.3) is 11.3 Å². The molecule has 0 amide bonds. The number of thiazole rings is 1. The minimum Gasteiger partial charge on any atom is -0.504 e. The van der Waals surface area contributed by atoms with Gasteiger partial charge < -0.3 is 20.3 Å². The Kier molecular flexibility index (Phi) is 4.63. The molecule has 27 heavy (non-hydrogen) atoms. The molecule has 4 rings (SSSR count). The Hall–Kier alpha value is -3.51. The highest BCUT2D eigenvalue weighted by molar-refractivity contribution is 7.14. The van der Waals surface area contributed by atoms with Gasteiger partial charge in [0, 0.05) is 22.7 Å². The van der Waals surface area contributed by atoms with Crippen LogP contribution in [0.4, 0.5) is 10.8 Å². The number of hydrogen-bond acceptors (Lipinski definition) is 6. The molecule has 1 heterocycles. The third kappa shape index (κ3) is 4.02. The van der Waals surface area contributed by atoms with Crippen molar-refractivity contribution in [1.82, 2.24) is 4.98 Å². The van der Waals surface area contributed by atoms with E-state index in [1.807, 2.05) is 60.0 Å². The summed E-state index contributed by atoms with van der Waals surface area (Å²) in [4.78, 5) is 4.56. The van der Waals surface area contributed by atoms with Gasteiger partial charge in [0.05, 0.1) is 5.69 Å². The maximum atomic E-state index is 9.57. The summed E-state index contributed by atoms with van der Waals surface area (Å²) < 4.78 is 5.80. The molecule has 0 aliphatic carbocycles. The van der Waals surface area contributed by atoms with Crippen LogP contribution in [0.2, 0.25) is 0 Å². The SMILES string of the molecule is Oc1ccc(Nc2nc(-c3ccc(Oc4ccccc4)cc3)cs2)cc1O. The molecule has 0 aliphatic rings. The predicted octanol–water partition coefficient (Wildman–Crippen LogP) is 5.76. The lowest BCUT2D eigenvalue weighted by Crippen LogP contribution is -1.89. The molecule has 0 spiro atoms. The van der Waals surface area contributed by atoms with Crippen LogP contribution in [0.5, 0.6) is 23.0 Å². The highest BCUT2D eigenvalue weighted by Crippen LogP contribution is 2.32. The third-order valence-electron chi connectivity index (χ3n) is 3.86. The molecule has 6 heteroatoms. The molecule has 1 aromatic heterocycles. The van der Waals surface area contributed by atoms with E-state index in [2.05, 4.69) is 10.3 Å². The van der Waals surface area contributed by atoms with E-state index in [1.165, 1.54) is 23.5 Å². The minimum absolute atomic E-state index is 0.154. The number of aromatic nitrogens is 1. The van der Waals surface area contributed by atoms with Crippen molar-refractivity contribution in [3.8, 4) is 34.3 Å². The second kappa shape index (κ2) is 7.39. The molecule has 5 nitrogen and oxygen atoms in total. The summed E-state index contributed by atoms with van der Waals surface area (Å²) >= 11 is 1.46. The van der Waals surface area contributed by atoms with Gasteiger partial charge in [-0.3, -0.25) is 0 Å². The van der Waals surface area contributed by atoms with E-state index in [0.29, 0.717) is 10.8 Å². The zero-order valence-corrected chi connectivity index (χ0v) is 15.0. The van der Waals surface area contributed by atoms with Gasteiger partial charge in [0.15, 0.2) is 16.6 Å². The first-order chi connectivity index (χ1) is 13.2. The van der Waals surface area contributed by atoms with Crippen LogP contribution in [0.3, 0.4) is 0 Å². The lowest BCUT2D eigenvalue weighted by atomic mass is 10.2. The Morgan fingerprint density at radius 2 is 1.56 bits per heavy atom. The zero-order valence-electron chi connectivity index (χ0n) is 14.2. The van der Waals surface area contributed by atoms with E-state index in [-0.39, 0.29) is 11.5 Å². The van der Waals surface area contributed by atoms with Gasteiger partial charge >= 0.3 is 0 Å². The Bertz CT molecular complexity index is 1050. The van der Waals surface area contributed by atoms with Gasteiger partial charge in [-0.1, -0.05) is 18.2 Å². The number of rotatable bonds is 5. The van der Waals surface area contributed by atoms with E-state index >= 15 is 0 Å². The topological polar surface area (TPSA) is 74.6 Å². The number of nitrogens with one attached hydrogen (secondary N) is 1. The highest BCUT2D eigenvalue weighted by atomic mass is 32.1. The first-order valence-electron chi connectivity index (χ1n) is 8.25. The standard InChI is InChI=1S/C21H16N2O3S/c24-19-11-8-15(12-20(19)25)22-21-23-18(13-27-21)14-6-9-17(10-7-14)26-16-4-2-1-3-5-16/h1-13,24-25H,(H,22,23). The maximum absolute atomic E-state index is 9.57. The van der Waals surface area contributed by atoms with E-state index in [9.17, 15) is 10.2 Å². The van der Waals surface area contributed by atoms with Crippen molar-refractivity contribution in [2.24, 2.45) is 0 Å². The fourth-order valence-electron chi connectivity index (χ4n) is 2.51. The molecular formula is C21H16N2O3S. The number of para-hydroxylation sites is 1. The van der Waals surface area contributed by atoms with Gasteiger partial charge in [0.1, 0.15) is 11.5 Å². The van der Waals surface area contributed by atoms with Gasteiger partial charge in [0.25, 0.3) is 0 Å². The molecular weight excluding hydrogens is 360 g/mol. The smallest absolute Gasteiger partial charge is 0.187 e. The monoisotopic (exact) mass is 376 g/mol. The van der Waals surface area contributed by atoms with Gasteiger partial charge in [-0.15, -0.1) is 11.3 Å². The molecule has 4 aromatic rings.